The van der Waals surface area contributed by atoms with Gasteiger partial charge >= 0.3 is 0 Å². The quantitative estimate of drug-likeness (QED) is 0.720. The van der Waals surface area contributed by atoms with Gasteiger partial charge in [0, 0.05) is 11.8 Å². The van der Waals surface area contributed by atoms with Gasteiger partial charge in [-0.25, -0.2) is 0 Å². The van der Waals surface area contributed by atoms with Crippen molar-refractivity contribution in [2.75, 3.05) is 13.0 Å². The summed E-state index contributed by atoms with van der Waals surface area (Å²) in [6.45, 7) is 4.25. The number of ether oxygens (including phenoxy) is 1. The zero-order valence-corrected chi connectivity index (χ0v) is 11.0. The SMILES string of the molecule is COc1cc(C)c(C(CCl)C2CC2)cc1C. The molecule has 0 bridgehead atoms. The summed E-state index contributed by atoms with van der Waals surface area (Å²) in [4.78, 5) is 0. The lowest BCUT2D eigenvalue weighted by molar-refractivity contribution is 0.411. The second-order valence-corrected chi connectivity index (χ2v) is 5.09. The predicted octanol–water partition coefficient (Wildman–Crippen LogP) is 4.04. The molecule has 1 aromatic rings. The maximum atomic E-state index is 6.10. The molecule has 0 aromatic heterocycles. The molecule has 0 saturated heterocycles. The van der Waals surface area contributed by atoms with Crippen LogP contribution in [-0.2, 0) is 0 Å². The number of aryl methyl sites for hydroxylation is 2. The van der Waals surface area contributed by atoms with E-state index in [1.807, 2.05) is 0 Å². The van der Waals surface area contributed by atoms with Gasteiger partial charge in [-0.2, -0.15) is 0 Å². The summed E-state index contributed by atoms with van der Waals surface area (Å²) in [6.07, 6.45) is 2.67. The van der Waals surface area contributed by atoms with Gasteiger partial charge in [0.2, 0.25) is 0 Å². The monoisotopic (exact) mass is 238 g/mol. The summed E-state index contributed by atoms with van der Waals surface area (Å²) >= 11 is 6.10. The summed E-state index contributed by atoms with van der Waals surface area (Å²) in [5.41, 5.74) is 3.93. The number of benzene rings is 1. The second kappa shape index (κ2) is 4.67. The highest BCUT2D eigenvalue weighted by atomic mass is 35.5. The van der Waals surface area contributed by atoms with Crippen molar-refractivity contribution >= 4 is 11.6 Å². The molecule has 16 heavy (non-hydrogen) atoms. The maximum Gasteiger partial charge on any atom is 0.122 e. The van der Waals surface area contributed by atoms with Crippen LogP contribution in [0.1, 0.15) is 35.4 Å². The maximum absolute atomic E-state index is 6.10. The topological polar surface area (TPSA) is 9.23 Å². The summed E-state index contributed by atoms with van der Waals surface area (Å²) < 4.78 is 5.34. The molecule has 1 nitrogen and oxygen atoms in total. The van der Waals surface area contributed by atoms with Gasteiger partial charge in [-0.05, 0) is 55.4 Å². The van der Waals surface area contributed by atoms with Crippen molar-refractivity contribution in [3.63, 3.8) is 0 Å². The van der Waals surface area contributed by atoms with Crippen LogP contribution in [0.2, 0.25) is 0 Å². The van der Waals surface area contributed by atoms with Crippen LogP contribution in [0.25, 0.3) is 0 Å². The molecule has 1 aliphatic carbocycles. The third-order valence-electron chi connectivity index (χ3n) is 3.54. The zero-order valence-electron chi connectivity index (χ0n) is 10.2. The zero-order chi connectivity index (χ0) is 11.7. The minimum absolute atomic E-state index is 0.534. The highest BCUT2D eigenvalue weighted by Crippen LogP contribution is 2.44. The van der Waals surface area contributed by atoms with Crippen molar-refractivity contribution in [2.45, 2.75) is 32.6 Å². The Morgan fingerprint density at radius 3 is 2.50 bits per heavy atom. The van der Waals surface area contributed by atoms with Crippen LogP contribution in [0.15, 0.2) is 12.1 Å². The number of halogens is 1. The predicted molar refractivity (Wildman–Crippen MR) is 68.7 cm³/mol. The molecule has 0 spiro atoms. The van der Waals surface area contributed by atoms with Crippen LogP contribution in [0, 0.1) is 19.8 Å². The average Bonchev–Trinajstić information content (AvgIpc) is 3.08. The van der Waals surface area contributed by atoms with Gasteiger partial charge in [0.1, 0.15) is 5.75 Å². The number of alkyl halides is 1. The molecule has 1 aliphatic rings. The van der Waals surface area contributed by atoms with Crippen molar-refractivity contribution in [2.24, 2.45) is 5.92 Å². The normalized spacial score (nSPS) is 17.2. The van der Waals surface area contributed by atoms with E-state index in [4.69, 9.17) is 16.3 Å². The third-order valence-corrected chi connectivity index (χ3v) is 3.87. The lowest BCUT2D eigenvalue weighted by Gasteiger charge is -2.18. The fraction of sp³-hybridized carbons (Fsp3) is 0.571. The molecule has 88 valence electrons. The molecular weight excluding hydrogens is 220 g/mol. The second-order valence-electron chi connectivity index (χ2n) is 4.78. The van der Waals surface area contributed by atoms with E-state index in [1.54, 1.807) is 7.11 Å². The van der Waals surface area contributed by atoms with Gasteiger partial charge in [-0.3, -0.25) is 0 Å². The lowest BCUT2D eigenvalue weighted by atomic mass is 9.90. The highest BCUT2D eigenvalue weighted by Gasteiger charge is 2.32. The van der Waals surface area contributed by atoms with Crippen LogP contribution in [0.3, 0.4) is 0 Å². The van der Waals surface area contributed by atoms with Gasteiger partial charge in [-0.15, -0.1) is 11.6 Å². The Hall–Kier alpha value is -0.690. The van der Waals surface area contributed by atoms with Crippen LogP contribution in [0.4, 0.5) is 0 Å². The van der Waals surface area contributed by atoms with E-state index in [1.165, 1.54) is 29.5 Å². The molecule has 1 atom stereocenters. The molecule has 1 fully saturated rings. The van der Waals surface area contributed by atoms with E-state index >= 15 is 0 Å². The van der Waals surface area contributed by atoms with Crippen molar-refractivity contribution in [3.8, 4) is 5.75 Å². The largest absolute Gasteiger partial charge is 0.496 e. The van der Waals surface area contributed by atoms with E-state index in [0.29, 0.717) is 5.92 Å². The Morgan fingerprint density at radius 2 is 2.00 bits per heavy atom. The molecule has 0 radical (unpaired) electrons. The van der Waals surface area contributed by atoms with Gasteiger partial charge < -0.3 is 4.74 Å². The van der Waals surface area contributed by atoms with Crippen LogP contribution in [0.5, 0.6) is 5.75 Å². The molecule has 1 saturated carbocycles. The fourth-order valence-electron chi connectivity index (χ4n) is 2.39. The Balaban J connectivity index is 2.36. The van der Waals surface area contributed by atoms with Crippen molar-refractivity contribution in [1.82, 2.24) is 0 Å². The summed E-state index contributed by atoms with van der Waals surface area (Å²) in [7, 11) is 1.72. The average molecular weight is 239 g/mol. The van der Waals surface area contributed by atoms with Gasteiger partial charge in [0.25, 0.3) is 0 Å². The van der Waals surface area contributed by atoms with Gasteiger partial charge in [-0.1, -0.05) is 6.07 Å². The number of hydrogen-bond donors (Lipinski definition) is 0. The molecule has 1 aromatic carbocycles. The van der Waals surface area contributed by atoms with Crippen molar-refractivity contribution in [3.05, 3.63) is 28.8 Å². The standard InChI is InChI=1S/C14H19ClO/c1-9-7-14(16-3)10(2)6-12(9)13(8-15)11-4-5-11/h6-7,11,13H,4-5,8H2,1-3H3. The summed E-state index contributed by atoms with van der Waals surface area (Å²) in [5.74, 6) is 3.05. The van der Waals surface area contributed by atoms with Crippen LogP contribution in [-0.4, -0.2) is 13.0 Å². The first kappa shape index (κ1) is 11.8. The number of hydrogen-bond acceptors (Lipinski definition) is 1. The van der Waals surface area contributed by atoms with E-state index in [9.17, 15) is 0 Å². The Kier molecular flexibility index (Phi) is 3.44. The molecule has 0 N–H and O–H groups in total. The molecule has 2 heteroatoms. The van der Waals surface area contributed by atoms with E-state index in [2.05, 4.69) is 26.0 Å². The molecule has 0 amide bonds. The van der Waals surface area contributed by atoms with Gasteiger partial charge in [0.05, 0.1) is 7.11 Å². The first-order chi connectivity index (χ1) is 7.67. The van der Waals surface area contributed by atoms with Crippen molar-refractivity contribution in [1.29, 1.82) is 0 Å². The Labute approximate surface area is 103 Å². The first-order valence-corrected chi connectivity index (χ1v) is 6.42. The lowest BCUT2D eigenvalue weighted by Crippen LogP contribution is -2.06. The van der Waals surface area contributed by atoms with Crippen LogP contribution < -0.4 is 4.74 Å². The van der Waals surface area contributed by atoms with Crippen LogP contribution >= 0.6 is 11.6 Å². The molecule has 0 heterocycles. The molecular formula is C14H19ClO. The minimum atomic E-state index is 0.534. The smallest absolute Gasteiger partial charge is 0.122 e. The fourth-order valence-corrected chi connectivity index (χ4v) is 2.81. The summed E-state index contributed by atoms with van der Waals surface area (Å²) in [6, 6.07) is 4.38. The molecule has 2 rings (SSSR count). The van der Waals surface area contributed by atoms with Crippen molar-refractivity contribution < 1.29 is 4.74 Å². The molecule has 1 unspecified atom stereocenters. The van der Waals surface area contributed by atoms with Gasteiger partial charge in [0.15, 0.2) is 0 Å². The first-order valence-electron chi connectivity index (χ1n) is 5.88. The van der Waals surface area contributed by atoms with E-state index in [-0.39, 0.29) is 0 Å². The summed E-state index contributed by atoms with van der Waals surface area (Å²) in [5, 5.41) is 0. The third kappa shape index (κ3) is 2.20. The van der Waals surface area contributed by atoms with E-state index in [0.717, 1.165) is 17.5 Å². The number of rotatable bonds is 4. The Morgan fingerprint density at radius 1 is 1.31 bits per heavy atom. The minimum Gasteiger partial charge on any atom is -0.496 e. The molecule has 0 aliphatic heterocycles. The van der Waals surface area contributed by atoms with E-state index < -0.39 is 0 Å². The number of methoxy groups -OCH3 is 1. The highest BCUT2D eigenvalue weighted by molar-refractivity contribution is 6.18. The Bertz CT molecular complexity index is 383.